The third-order valence-corrected chi connectivity index (χ3v) is 4.88. The lowest BCUT2D eigenvalue weighted by molar-refractivity contribution is -0.129. The van der Waals surface area contributed by atoms with Crippen LogP contribution in [0.3, 0.4) is 0 Å². The number of hydrogen-bond donors (Lipinski definition) is 0. The molecule has 1 fully saturated rings. The number of aryl methyl sites for hydroxylation is 1. The van der Waals surface area contributed by atoms with Crippen LogP contribution in [0.15, 0.2) is 53.1 Å². The summed E-state index contributed by atoms with van der Waals surface area (Å²) in [4.78, 5) is 18.7. The number of amides is 1. The van der Waals surface area contributed by atoms with E-state index < -0.39 is 0 Å². The van der Waals surface area contributed by atoms with Crippen molar-refractivity contribution in [2.75, 3.05) is 0 Å². The van der Waals surface area contributed by atoms with Gasteiger partial charge in [-0.25, -0.2) is 0 Å². The van der Waals surface area contributed by atoms with E-state index in [4.69, 9.17) is 16.1 Å². The molecule has 0 spiro atoms. The summed E-state index contributed by atoms with van der Waals surface area (Å²) in [5, 5.41) is 4.78. The minimum Gasteiger partial charge on any atom is -0.337 e. The minimum absolute atomic E-state index is 0.0973. The second-order valence-electron chi connectivity index (χ2n) is 6.52. The Bertz CT molecular complexity index is 919. The highest BCUT2D eigenvalue weighted by molar-refractivity contribution is 6.30. The fourth-order valence-corrected chi connectivity index (χ4v) is 3.29. The molecular formula is C20H18ClN3O2. The van der Waals surface area contributed by atoms with Gasteiger partial charge >= 0.3 is 0 Å². The van der Waals surface area contributed by atoms with Crippen molar-refractivity contribution in [1.29, 1.82) is 0 Å². The molecule has 26 heavy (non-hydrogen) atoms. The van der Waals surface area contributed by atoms with Crippen molar-refractivity contribution in [2.24, 2.45) is 0 Å². The van der Waals surface area contributed by atoms with Gasteiger partial charge in [0.2, 0.25) is 17.6 Å². The lowest BCUT2D eigenvalue weighted by atomic mass is 10.1. The molecule has 0 radical (unpaired) electrons. The maximum absolute atomic E-state index is 12.4. The summed E-state index contributed by atoms with van der Waals surface area (Å²) < 4.78 is 5.49. The molecule has 1 amide bonds. The molecule has 3 aromatic rings. The zero-order valence-corrected chi connectivity index (χ0v) is 15.1. The Morgan fingerprint density at radius 3 is 2.62 bits per heavy atom. The molecule has 1 atom stereocenters. The highest BCUT2D eigenvalue weighted by atomic mass is 35.5. The zero-order chi connectivity index (χ0) is 18.1. The minimum atomic E-state index is -0.190. The van der Waals surface area contributed by atoms with E-state index in [1.807, 2.05) is 55.5 Å². The summed E-state index contributed by atoms with van der Waals surface area (Å²) in [6, 6.07) is 15.3. The fraction of sp³-hybridized carbons (Fsp3) is 0.250. The van der Waals surface area contributed by atoms with E-state index in [1.165, 1.54) is 5.56 Å². The normalized spacial score (nSPS) is 17.1. The molecule has 4 rings (SSSR count). The number of hydrogen-bond acceptors (Lipinski definition) is 4. The van der Waals surface area contributed by atoms with Crippen molar-refractivity contribution in [1.82, 2.24) is 15.0 Å². The van der Waals surface area contributed by atoms with Crippen molar-refractivity contribution >= 4 is 17.5 Å². The van der Waals surface area contributed by atoms with Gasteiger partial charge in [-0.3, -0.25) is 4.79 Å². The Morgan fingerprint density at radius 2 is 1.88 bits per heavy atom. The third-order valence-electron chi connectivity index (χ3n) is 4.63. The highest BCUT2D eigenvalue weighted by Crippen LogP contribution is 2.34. The van der Waals surface area contributed by atoms with Crippen LogP contribution in [0, 0.1) is 6.92 Å². The number of halogens is 1. The van der Waals surface area contributed by atoms with Gasteiger partial charge in [0.1, 0.15) is 6.04 Å². The largest absolute Gasteiger partial charge is 0.337 e. The summed E-state index contributed by atoms with van der Waals surface area (Å²) in [6.45, 7) is 2.53. The summed E-state index contributed by atoms with van der Waals surface area (Å²) in [5.41, 5.74) is 3.10. The zero-order valence-electron chi connectivity index (χ0n) is 14.4. The van der Waals surface area contributed by atoms with Crippen molar-refractivity contribution < 1.29 is 9.32 Å². The van der Waals surface area contributed by atoms with Crippen LogP contribution >= 0.6 is 11.6 Å². The first-order valence-corrected chi connectivity index (χ1v) is 8.92. The summed E-state index contributed by atoms with van der Waals surface area (Å²) in [7, 11) is 0. The molecule has 0 aliphatic carbocycles. The molecule has 1 saturated heterocycles. The van der Waals surface area contributed by atoms with Crippen LogP contribution in [0.2, 0.25) is 5.02 Å². The Morgan fingerprint density at radius 1 is 1.15 bits per heavy atom. The number of benzene rings is 2. The van der Waals surface area contributed by atoms with E-state index in [9.17, 15) is 4.79 Å². The van der Waals surface area contributed by atoms with Crippen LogP contribution in [-0.2, 0) is 11.3 Å². The smallest absolute Gasteiger partial charge is 0.249 e. The first-order valence-electron chi connectivity index (χ1n) is 8.55. The van der Waals surface area contributed by atoms with E-state index >= 15 is 0 Å². The highest BCUT2D eigenvalue weighted by Gasteiger charge is 2.36. The first-order chi connectivity index (χ1) is 12.6. The molecule has 2 aromatic carbocycles. The molecule has 1 aromatic heterocycles. The van der Waals surface area contributed by atoms with Gasteiger partial charge in [0.25, 0.3) is 0 Å². The quantitative estimate of drug-likeness (QED) is 0.678. The first kappa shape index (κ1) is 16.8. The average molecular weight is 368 g/mol. The molecule has 132 valence electrons. The predicted octanol–water partition coefficient (Wildman–Crippen LogP) is 4.56. The number of aromatic nitrogens is 2. The summed E-state index contributed by atoms with van der Waals surface area (Å²) >= 11 is 5.94. The van der Waals surface area contributed by atoms with Crippen molar-refractivity contribution in [3.05, 3.63) is 70.6 Å². The van der Waals surface area contributed by atoms with Gasteiger partial charge in [0, 0.05) is 23.6 Å². The third kappa shape index (κ3) is 3.35. The molecule has 5 nitrogen and oxygen atoms in total. The second kappa shape index (κ2) is 6.92. The van der Waals surface area contributed by atoms with E-state index in [-0.39, 0.29) is 11.9 Å². The van der Waals surface area contributed by atoms with Gasteiger partial charge in [-0.2, -0.15) is 4.98 Å². The fourth-order valence-electron chi connectivity index (χ4n) is 3.17. The molecule has 1 unspecified atom stereocenters. The van der Waals surface area contributed by atoms with Gasteiger partial charge in [-0.15, -0.1) is 0 Å². The Balaban J connectivity index is 1.57. The Kier molecular flexibility index (Phi) is 4.47. The second-order valence-corrected chi connectivity index (χ2v) is 6.96. The average Bonchev–Trinajstić information content (AvgIpc) is 3.25. The summed E-state index contributed by atoms with van der Waals surface area (Å²) in [6.07, 6.45) is 1.17. The van der Waals surface area contributed by atoms with Gasteiger partial charge in [-0.1, -0.05) is 58.7 Å². The van der Waals surface area contributed by atoms with Crippen molar-refractivity contribution in [2.45, 2.75) is 32.4 Å². The number of carbonyl (C=O) groups is 1. The van der Waals surface area contributed by atoms with E-state index in [0.29, 0.717) is 36.1 Å². The Hall–Kier alpha value is -2.66. The number of carbonyl (C=O) groups excluding carboxylic acids is 1. The molecule has 0 saturated carbocycles. The van der Waals surface area contributed by atoms with Crippen LogP contribution < -0.4 is 0 Å². The predicted molar refractivity (Wildman–Crippen MR) is 98.4 cm³/mol. The van der Waals surface area contributed by atoms with E-state index in [2.05, 4.69) is 10.1 Å². The van der Waals surface area contributed by atoms with Crippen LogP contribution in [-0.4, -0.2) is 20.9 Å². The molecule has 0 N–H and O–H groups in total. The Labute approximate surface area is 156 Å². The van der Waals surface area contributed by atoms with Crippen molar-refractivity contribution in [3.8, 4) is 11.4 Å². The monoisotopic (exact) mass is 367 g/mol. The van der Waals surface area contributed by atoms with Crippen molar-refractivity contribution in [3.63, 3.8) is 0 Å². The molecule has 2 heterocycles. The van der Waals surface area contributed by atoms with Crippen LogP contribution in [0.1, 0.15) is 35.9 Å². The molecule has 6 heteroatoms. The maximum atomic E-state index is 12.4. The number of likely N-dealkylation sites (tertiary alicyclic amines) is 1. The van der Waals surface area contributed by atoms with Crippen LogP contribution in [0.4, 0.5) is 0 Å². The van der Waals surface area contributed by atoms with Gasteiger partial charge in [0.15, 0.2) is 0 Å². The number of rotatable bonds is 4. The molecular weight excluding hydrogens is 350 g/mol. The molecule has 1 aliphatic rings. The van der Waals surface area contributed by atoms with E-state index in [0.717, 1.165) is 11.1 Å². The van der Waals surface area contributed by atoms with Crippen LogP contribution in [0.5, 0.6) is 0 Å². The standard InChI is InChI=1S/C20H18ClN3O2/c1-13-2-6-15(7-3-13)19-22-20(26-23-19)17-10-11-18(25)24(17)12-14-4-8-16(21)9-5-14/h2-9,17H,10-12H2,1H3. The lowest BCUT2D eigenvalue weighted by Gasteiger charge is -2.22. The van der Waals surface area contributed by atoms with Gasteiger partial charge in [0.05, 0.1) is 0 Å². The molecule has 1 aliphatic heterocycles. The topological polar surface area (TPSA) is 59.2 Å². The summed E-state index contributed by atoms with van der Waals surface area (Å²) in [5.74, 6) is 1.13. The lowest BCUT2D eigenvalue weighted by Crippen LogP contribution is -2.27. The maximum Gasteiger partial charge on any atom is 0.249 e. The van der Waals surface area contributed by atoms with Gasteiger partial charge in [-0.05, 0) is 31.0 Å². The number of nitrogens with zero attached hydrogens (tertiary/aromatic N) is 3. The van der Waals surface area contributed by atoms with Gasteiger partial charge < -0.3 is 9.42 Å². The van der Waals surface area contributed by atoms with Crippen LogP contribution in [0.25, 0.3) is 11.4 Å². The van der Waals surface area contributed by atoms with E-state index in [1.54, 1.807) is 4.90 Å². The SMILES string of the molecule is Cc1ccc(-c2noc(C3CCC(=O)N3Cc3ccc(Cl)cc3)n2)cc1. The molecule has 0 bridgehead atoms.